The highest BCUT2D eigenvalue weighted by molar-refractivity contribution is 6.32. The molecule has 28 heavy (non-hydrogen) atoms. The van der Waals surface area contributed by atoms with Gasteiger partial charge in [0, 0.05) is 17.3 Å². The molecular formula is C20H24Cl2N4O2. The Morgan fingerprint density at radius 1 is 1.43 bits per heavy atom. The summed E-state index contributed by atoms with van der Waals surface area (Å²) in [6.07, 6.45) is 4.76. The van der Waals surface area contributed by atoms with Crippen LogP contribution in [0.2, 0.25) is 5.02 Å². The van der Waals surface area contributed by atoms with Gasteiger partial charge < -0.3 is 16.2 Å². The van der Waals surface area contributed by atoms with Gasteiger partial charge in [-0.05, 0) is 38.0 Å². The highest BCUT2D eigenvalue weighted by Crippen LogP contribution is 2.23. The van der Waals surface area contributed by atoms with Gasteiger partial charge in [-0.2, -0.15) is 5.10 Å². The van der Waals surface area contributed by atoms with Crippen molar-refractivity contribution in [1.29, 1.82) is 0 Å². The topological polar surface area (TPSA) is 93.2 Å². The summed E-state index contributed by atoms with van der Waals surface area (Å²) in [5.41, 5.74) is 7.88. The summed E-state index contributed by atoms with van der Waals surface area (Å²) in [6, 6.07) is 5.16. The van der Waals surface area contributed by atoms with Crippen molar-refractivity contribution in [2.24, 2.45) is 5.73 Å². The molecule has 1 amide bonds. The lowest BCUT2D eigenvalue weighted by molar-refractivity contribution is 0.0713. The maximum atomic E-state index is 12.6. The van der Waals surface area contributed by atoms with Gasteiger partial charge in [0.1, 0.15) is 0 Å². The molecule has 6 nitrogen and oxygen atoms in total. The maximum Gasteiger partial charge on any atom is 0.272 e. The second kappa shape index (κ2) is 9.94. The molecule has 2 atom stereocenters. The normalized spacial score (nSPS) is 18.6. The van der Waals surface area contributed by atoms with Crippen molar-refractivity contribution in [3.05, 3.63) is 46.2 Å². The van der Waals surface area contributed by atoms with E-state index in [1.54, 1.807) is 16.9 Å². The first kappa shape index (κ1) is 22.3. The summed E-state index contributed by atoms with van der Waals surface area (Å²) in [5, 5.41) is 17.9. The van der Waals surface area contributed by atoms with Crippen molar-refractivity contribution >= 4 is 29.9 Å². The number of hydrogen-bond acceptors (Lipinski definition) is 4. The molecule has 1 fully saturated rings. The van der Waals surface area contributed by atoms with Gasteiger partial charge in [0.15, 0.2) is 5.69 Å². The average Bonchev–Trinajstić information content (AvgIpc) is 3.03. The number of aryl methyl sites for hydroxylation is 1. The van der Waals surface area contributed by atoms with Crippen molar-refractivity contribution in [3.63, 3.8) is 0 Å². The molecule has 1 heterocycles. The number of rotatable bonds is 3. The number of aromatic nitrogens is 2. The first-order valence-electron chi connectivity index (χ1n) is 9.03. The third-order valence-corrected chi connectivity index (χ3v) is 4.99. The van der Waals surface area contributed by atoms with Crippen LogP contribution >= 0.6 is 24.0 Å². The Bertz CT molecular complexity index is 901. The number of carbonyl (C=O) groups is 1. The van der Waals surface area contributed by atoms with Gasteiger partial charge in [-0.25, -0.2) is 4.68 Å². The van der Waals surface area contributed by atoms with E-state index in [4.69, 9.17) is 17.3 Å². The Morgan fingerprint density at radius 2 is 2.18 bits per heavy atom. The number of aliphatic hydroxyl groups is 1. The van der Waals surface area contributed by atoms with Crippen LogP contribution in [0, 0.1) is 18.8 Å². The van der Waals surface area contributed by atoms with E-state index in [1.165, 1.54) is 0 Å². The van der Waals surface area contributed by atoms with Crippen molar-refractivity contribution in [2.45, 2.75) is 44.8 Å². The maximum absolute atomic E-state index is 12.6. The predicted octanol–water partition coefficient (Wildman–Crippen LogP) is 2.60. The fourth-order valence-electron chi connectivity index (χ4n) is 3.25. The van der Waals surface area contributed by atoms with Crippen LogP contribution in [0.1, 0.15) is 47.3 Å². The number of nitrogens with zero attached hydrogens (tertiary/aromatic N) is 2. The Hall–Kier alpha value is -2.04. The van der Waals surface area contributed by atoms with Gasteiger partial charge >= 0.3 is 0 Å². The van der Waals surface area contributed by atoms with E-state index in [0.29, 0.717) is 22.8 Å². The zero-order valence-electron chi connectivity index (χ0n) is 15.6. The van der Waals surface area contributed by atoms with Gasteiger partial charge in [0.25, 0.3) is 5.91 Å². The summed E-state index contributed by atoms with van der Waals surface area (Å²) in [6.45, 7) is 2.11. The van der Waals surface area contributed by atoms with E-state index in [9.17, 15) is 9.90 Å². The Kier molecular flexibility index (Phi) is 7.90. The molecule has 8 heteroatoms. The van der Waals surface area contributed by atoms with E-state index >= 15 is 0 Å². The number of carbonyl (C=O) groups excluding carboxylic acids is 1. The summed E-state index contributed by atoms with van der Waals surface area (Å²) in [7, 11) is 0. The van der Waals surface area contributed by atoms with Crippen LogP contribution in [-0.2, 0) is 0 Å². The molecule has 1 aromatic carbocycles. The average molecular weight is 423 g/mol. The molecule has 4 N–H and O–H groups in total. The molecule has 1 aromatic heterocycles. The molecule has 150 valence electrons. The van der Waals surface area contributed by atoms with Gasteiger partial charge in [-0.1, -0.05) is 36.3 Å². The van der Waals surface area contributed by atoms with Crippen LogP contribution < -0.4 is 11.1 Å². The number of amides is 1. The van der Waals surface area contributed by atoms with Gasteiger partial charge in [-0.15, -0.1) is 12.4 Å². The quantitative estimate of drug-likeness (QED) is 0.662. The van der Waals surface area contributed by atoms with Crippen LogP contribution in [0.25, 0.3) is 5.69 Å². The number of benzene rings is 1. The fraction of sp³-hybridized carbons (Fsp3) is 0.400. The SMILES string of the molecule is Cc1cn(-c2ccc(C#CCN)cc2Cl)nc1C(=O)NC1CCCC[C@H]1O.Cl. The number of nitrogens with two attached hydrogens (primary N) is 1. The minimum absolute atomic E-state index is 0. The number of aliphatic hydroxyl groups excluding tert-OH is 1. The van der Waals surface area contributed by atoms with Crippen molar-refractivity contribution in [2.75, 3.05) is 6.54 Å². The third kappa shape index (κ3) is 5.06. The van der Waals surface area contributed by atoms with Gasteiger partial charge in [0.2, 0.25) is 0 Å². The third-order valence-electron chi connectivity index (χ3n) is 4.69. The molecule has 1 unspecified atom stereocenters. The lowest BCUT2D eigenvalue weighted by Gasteiger charge is -2.28. The Labute approximate surface area is 175 Å². The molecule has 2 aromatic rings. The Balaban J connectivity index is 0.00000280. The number of nitrogens with one attached hydrogen (secondary N) is 1. The molecule has 0 saturated heterocycles. The standard InChI is InChI=1S/C20H23ClN4O2.ClH/c1-13-12-25(17-9-8-14(5-4-10-22)11-15(17)21)24-19(13)20(27)23-16-6-2-3-7-18(16)26;/h8-9,11-12,16,18,26H,2-3,6-7,10,22H2,1H3,(H,23,27);1H/t16?,18-;/m1./s1. The van der Waals surface area contributed by atoms with Crippen molar-refractivity contribution in [1.82, 2.24) is 15.1 Å². The molecular weight excluding hydrogens is 399 g/mol. The first-order chi connectivity index (χ1) is 13.0. The van der Waals surface area contributed by atoms with E-state index < -0.39 is 6.10 Å². The number of hydrogen-bond donors (Lipinski definition) is 3. The zero-order valence-corrected chi connectivity index (χ0v) is 17.2. The van der Waals surface area contributed by atoms with Crippen LogP contribution in [0.5, 0.6) is 0 Å². The predicted molar refractivity (Wildman–Crippen MR) is 112 cm³/mol. The van der Waals surface area contributed by atoms with E-state index in [0.717, 1.165) is 30.4 Å². The summed E-state index contributed by atoms with van der Waals surface area (Å²) in [4.78, 5) is 12.6. The van der Waals surface area contributed by atoms with Crippen molar-refractivity contribution < 1.29 is 9.90 Å². The van der Waals surface area contributed by atoms with Crippen LogP contribution in [0.15, 0.2) is 24.4 Å². The van der Waals surface area contributed by atoms with Crippen LogP contribution in [0.3, 0.4) is 0 Å². The summed E-state index contributed by atoms with van der Waals surface area (Å²) < 4.78 is 1.59. The minimum atomic E-state index is -0.498. The molecule has 3 rings (SSSR count). The monoisotopic (exact) mass is 422 g/mol. The Morgan fingerprint density at radius 3 is 2.86 bits per heavy atom. The van der Waals surface area contributed by atoms with Gasteiger partial charge in [0.05, 0.1) is 29.4 Å². The molecule has 1 saturated carbocycles. The van der Waals surface area contributed by atoms with Crippen LogP contribution in [0.4, 0.5) is 0 Å². The smallest absolute Gasteiger partial charge is 0.272 e. The van der Waals surface area contributed by atoms with Gasteiger partial charge in [-0.3, -0.25) is 4.79 Å². The molecule has 0 radical (unpaired) electrons. The van der Waals surface area contributed by atoms with Crippen LogP contribution in [-0.4, -0.2) is 39.5 Å². The second-order valence-corrected chi connectivity index (χ2v) is 7.12. The van der Waals surface area contributed by atoms with Crippen molar-refractivity contribution in [3.8, 4) is 17.5 Å². The zero-order chi connectivity index (χ0) is 19.4. The van der Waals surface area contributed by atoms with E-state index in [-0.39, 0.29) is 30.9 Å². The summed E-state index contributed by atoms with van der Waals surface area (Å²) >= 11 is 6.37. The lowest BCUT2D eigenvalue weighted by atomic mass is 9.92. The molecule has 1 aliphatic rings. The number of halogens is 2. The van der Waals surface area contributed by atoms with E-state index in [2.05, 4.69) is 22.3 Å². The minimum Gasteiger partial charge on any atom is -0.391 e. The molecule has 1 aliphatic carbocycles. The molecule has 0 bridgehead atoms. The summed E-state index contributed by atoms with van der Waals surface area (Å²) in [5.74, 6) is 5.44. The molecule has 0 aliphatic heterocycles. The highest BCUT2D eigenvalue weighted by Gasteiger charge is 2.26. The first-order valence-corrected chi connectivity index (χ1v) is 9.41. The lowest BCUT2D eigenvalue weighted by Crippen LogP contribution is -2.45. The molecule has 0 spiro atoms. The van der Waals surface area contributed by atoms with E-state index in [1.807, 2.05) is 19.1 Å². The second-order valence-electron chi connectivity index (χ2n) is 6.71. The largest absolute Gasteiger partial charge is 0.391 e. The highest BCUT2D eigenvalue weighted by atomic mass is 35.5. The fourth-order valence-corrected chi connectivity index (χ4v) is 3.52.